The smallest absolute Gasteiger partial charge is 0.246 e. The number of benzene rings is 1. The van der Waals surface area contributed by atoms with Crippen molar-refractivity contribution in [3.05, 3.63) is 24.3 Å². The van der Waals surface area contributed by atoms with Crippen LogP contribution < -0.4 is 9.04 Å². The molecule has 0 aliphatic carbocycles. The van der Waals surface area contributed by atoms with Crippen LogP contribution in [0.25, 0.3) is 0 Å². The molecular formula is C17H27N3O4S. The maximum atomic E-state index is 12.9. The van der Waals surface area contributed by atoms with Gasteiger partial charge in [0.2, 0.25) is 15.9 Å². The van der Waals surface area contributed by atoms with Crippen LogP contribution in [0.15, 0.2) is 24.3 Å². The zero-order chi connectivity index (χ0) is 18.6. The number of anilines is 1. The van der Waals surface area contributed by atoms with Crippen LogP contribution in [0.4, 0.5) is 5.69 Å². The Morgan fingerprint density at radius 3 is 2.44 bits per heavy atom. The minimum Gasteiger partial charge on any atom is -0.497 e. The quantitative estimate of drug-likeness (QED) is 0.749. The van der Waals surface area contributed by atoms with Gasteiger partial charge in [0.25, 0.3) is 0 Å². The van der Waals surface area contributed by atoms with Gasteiger partial charge >= 0.3 is 0 Å². The lowest BCUT2D eigenvalue weighted by atomic mass is 10.2. The number of likely N-dealkylation sites (N-methyl/N-ethyl adjacent to an activating group) is 1. The number of carbonyl (C=O) groups excluding carboxylic acids is 1. The lowest BCUT2D eigenvalue weighted by Gasteiger charge is -2.37. The summed E-state index contributed by atoms with van der Waals surface area (Å²) in [5.74, 6) is 0.367. The van der Waals surface area contributed by atoms with E-state index in [1.807, 2.05) is 0 Å². The first-order valence-corrected chi connectivity index (χ1v) is 10.3. The molecule has 0 saturated carbocycles. The van der Waals surface area contributed by atoms with E-state index in [4.69, 9.17) is 4.74 Å². The van der Waals surface area contributed by atoms with Crippen LogP contribution in [0.3, 0.4) is 0 Å². The SMILES string of the molecule is CCN1CCN(C(=O)[C@@H](C)N(c2cccc(OC)c2)S(C)(=O)=O)CC1. The molecule has 7 nitrogen and oxygen atoms in total. The van der Waals surface area contributed by atoms with Crippen molar-refractivity contribution in [3.63, 3.8) is 0 Å². The van der Waals surface area contributed by atoms with Crippen molar-refractivity contribution in [3.8, 4) is 5.75 Å². The minimum absolute atomic E-state index is 0.177. The Kier molecular flexibility index (Phi) is 6.29. The molecule has 2 rings (SSSR count). The molecule has 1 saturated heterocycles. The summed E-state index contributed by atoms with van der Waals surface area (Å²) in [6, 6.07) is 5.93. The number of hydrogen-bond donors (Lipinski definition) is 0. The molecular weight excluding hydrogens is 342 g/mol. The van der Waals surface area contributed by atoms with E-state index >= 15 is 0 Å². The van der Waals surface area contributed by atoms with Gasteiger partial charge in [-0.2, -0.15) is 0 Å². The van der Waals surface area contributed by atoms with Crippen LogP contribution >= 0.6 is 0 Å². The second kappa shape index (κ2) is 8.05. The third-order valence-electron chi connectivity index (χ3n) is 4.51. The predicted molar refractivity (Wildman–Crippen MR) is 98.5 cm³/mol. The van der Waals surface area contributed by atoms with E-state index in [1.54, 1.807) is 36.1 Å². The van der Waals surface area contributed by atoms with Gasteiger partial charge in [0.15, 0.2) is 0 Å². The molecule has 1 amide bonds. The Labute approximate surface area is 150 Å². The van der Waals surface area contributed by atoms with E-state index in [9.17, 15) is 13.2 Å². The average molecular weight is 369 g/mol. The number of hydrogen-bond acceptors (Lipinski definition) is 5. The van der Waals surface area contributed by atoms with Crippen molar-refractivity contribution < 1.29 is 17.9 Å². The van der Waals surface area contributed by atoms with Crippen LogP contribution in [-0.4, -0.2) is 76.3 Å². The van der Waals surface area contributed by atoms with E-state index in [1.165, 1.54) is 11.4 Å². The average Bonchev–Trinajstić information content (AvgIpc) is 2.60. The highest BCUT2D eigenvalue weighted by atomic mass is 32.2. The van der Waals surface area contributed by atoms with E-state index in [-0.39, 0.29) is 5.91 Å². The van der Waals surface area contributed by atoms with Gasteiger partial charge in [-0.15, -0.1) is 0 Å². The number of nitrogens with zero attached hydrogens (tertiary/aromatic N) is 3. The highest BCUT2D eigenvalue weighted by Crippen LogP contribution is 2.26. The molecule has 0 unspecified atom stereocenters. The van der Waals surface area contributed by atoms with Crippen molar-refractivity contribution in [2.75, 3.05) is 50.4 Å². The monoisotopic (exact) mass is 369 g/mol. The van der Waals surface area contributed by atoms with E-state index in [0.29, 0.717) is 24.5 Å². The lowest BCUT2D eigenvalue weighted by molar-refractivity contribution is -0.133. The molecule has 0 N–H and O–H groups in total. The minimum atomic E-state index is -3.62. The number of amides is 1. The summed E-state index contributed by atoms with van der Waals surface area (Å²) in [6.07, 6.45) is 1.12. The van der Waals surface area contributed by atoms with Crippen LogP contribution in [0.2, 0.25) is 0 Å². The van der Waals surface area contributed by atoms with Crippen molar-refractivity contribution in [1.29, 1.82) is 0 Å². The lowest BCUT2D eigenvalue weighted by Crippen LogP contribution is -2.55. The van der Waals surface area contributed by atoms with E-state index in [0.717, 1.165) is 25.9 Å². The molecule has 140 valence electrons. The number of methoxy groups -OCH3 is 1. The van der Waals surface area contributed by atoms with Crippen molar-refractivity contribution in [1.82, 2.24) is 9.80 Å². The molecule has 1 aliphatic heterocycles. The largest absolute Gasteiger partial charge is 0.497 e. The second-order valence-corrected chi connectivity index (χ2v) is 8.06. The molecule has 1 heterocycles. The van der Waals surface area contributed by atoms with Gasteiger partial charge < -0.3 is 14.5 Å². The number of ether oxygens (including phenoxy) is 1. The first-order chi connectivity index (χ1) is 11.8. The summed E-state index contributed by atoms with van der Waals surface area (Å²) in [5, 5.41) is 0. The van der Waals surface area contributed by atoms with Crippen LogP contribution in [0.5, 0.6) is 5.75 Å². The Morgan fingerprint density at radius 1 is 1.28 bits per heavy atom. The third-order valence-corrected chi connectivity index (χ3v) is 5.75. The molecule has 1 aliphatic rings. The summed E-state index contributed by atoms with van der Waals surface area (Å²) >= 11 is 0. The summed E-state index contributed by atoms with van der Waals surface area (Å²) in [7, 11) is -2.10. The van der Waals surface area contributed by atoms with Gasteiger partial charge in [-0.3, -0.25) is 9.10 Å². The molecule has 0 spiro atoms. The first-order valence-electron chi connectivity index (χ1n) is 8.42. The first kappa shape index (κ1) is 19.5. The molecule has 0 bridgehead atoms. The van der Waals surface area contributed by atoms with Crippen molar-refractivity contribution >= 4 is 21.6 Å². The molecule has 1 atom stereocenters. The van der Waals surface area contributed by atoms with Crippen LogP contribution in [0.1, 0.15) is 13.8 Å². The molecule has 8 heteroatoms. The van der Waals surface area contributed by atoms with Gasteiger partial charge in [0.05, 0.1) is 19.1 Å². The second-order valence-electron chi connectivity index (χ2n) is 6.20. The maximum Gasteiger partial charge on any atom is 0.246 e. The fraction of sp³-hybridized carbons (Fsp3) is 0.588. The van der Waals surface area contributed by atoms with Crippen LogP contribution in [-0.2, 0) is 14.8 Å². The highest BCUT2D eigenvalue weighted by Gasteiger charge is 2.33. The molecule has 0 aromatic heterocycles. The Morgan fingerprint density at radius 2 is 1.92 bits per heavy atom. The van der Waals surface area contributed by atoms with Gasteiger partial charge in [0.1, 0.15) is 11.8 Å². The zero-order valence-electron chi connectivity index (χ0n) is 15.3. The predicted octanol–water partition coefficient (Wildman–Crippen LogP) is 1.01. The topological polar surface area (TPSA) is 70.2 Å². The molecule has 1 fully saturated rings. The number of carbonyl (C=O) groups is 1. The summed E-state index contributed by atoms with van der Waals surface area (Å²) in [4.78, 5) is 16.9. The molecule has 25 heavy (non-hydrogen) atoms. The Hall–Kier alpha value is -1.80. The number of rotatable bonds is 6. The Balaban J connectivity index is 2.24. The van der Waals surface area contributed by atoms with Crippen molar-refractivity contribution in [2.24, 2.45) is 0 Å². The van der Waals surface area contributed by atoms with Gasteiger partial charge in [-0.25, -0.2) is 8.42 Å². The normalized spacial score (nSPS) is 17.2. The fourth-order valence-electron chi connectivity index (χ4n) is 3.10. The third kappa shape index (κ3) is 4.64. The molecule has 1 aromatic rings. The van der Waals surface area contributed by atoms with E-state index in [2.05, 4.69) is 11.8 Å². The van der Waals surface area contributed by atoms with Gasteiger partial charge in [-0.1, -0.05) is 13.0 Å². The van der Waals surface area contributed by atoms with Gasteiger partial charge in [-0.05, 0) is 25.6 Å². The fourth-order valence-corrected chi connectivity index (χ4v) is 4.26. The highest BCUT2D eigenvalue weighted by molar-refractivity contribution is 7.92. The summed E-state index contributed by atoms with van der Waals surface area (Å²) in [6.45, 7) is 7.54. The summed E-state index contributed by atoms with van der Waals surface area (Å²) < 4.78 is 31.1. The Bertz CT molecular complexity index is 700. The molecule has 0 radical (unpaired) electrons. The zero-order valence-corrected chi connectivity index (χ0v) is 16.1. The van der Waals surface area contributed by atoms with Crippen LogP contribution in [0, 0.1) is 0 Å². The number of piperazine rings is 1. The number of sulfonamides is 1. The van der Waals surface area contributed by atoms with Crippen molar-refractivity contribution in [2.45, 2.75) is 19.9 Å². The molecule has 1 aromatic carbocycles. The maximum absolute atomic E-state index is 12.9. The standard InChI is InChI=1S/C17H27N3O4S/c1-5-18-9-11-19(12-10-18)17(21)14(2)20(25(4,22)23)15-7-6-8-16(13-15)24-3/h6-8,13-14H,5,9-12H2,1-4H3/t14-/m1/s1. The summed E-state index contributed by atoms with van der Waals surface area (Å²) in [5.41, 5.74) is 0.426. The van der Waals surface area contributed by atoms with E-state index < -0.39 is 16.1 Å². The van der Waals surface area contributed by atoms with Gasteiger partial charge in [0, 0.05) is 32.2 Å².